The number of imidazole rings is 1. The molecule has 1 amide bonds. The van der Waals surface area contributed by atoms with E-state index >= 15 is 0 Å². The second kappa shape index (κ2) is 5.61. The summed E-state index contributed by atoms with van der Waals surface area (Å²) in [4.78, 5) is 16.9. The minimum atomic E-state index is -0.601. The molecule has 23 heavy (non-hydrogen) atoms. The van der Waals surface area contributed by atoms with Crippen LogP contribution in [0, 0.1) is 6.92 Å². The molecule has 2 aliphatic rings. The van der Waals surface area contributed by atoms with Gasteiger partial charge < -0.3 is 19.4 Å². The van der Waals surface area contributed by atoms with E-state index in [2.05, 4.69) is 14.9 Å². The summed E-state index contributed by atoms with van der Waals surface area (Å²) in [7, 11) is 0. The maximum Gasteiger partial charge on any atom is 0.264 e. The van der Waals surface area contributed by atoms with E-state index in [1.807, 2.05) is 37.4 Å². The monoisotopic (exact) mass is 313 g/mol. The van der Waals surface area contributed by atoms with Crippen molar-refractivity contribution < 1.29 is 14.3 Å². The van der Waals surface area contributed by atoms with Crippen molar-refractivity contribution in [1.82, 2.24) is 14.9 Å². The van der Waals surface area contributed by atoms with Gasteiger partial charge in [0, 0.05) is 25.2 Å². The van der Waals surface area contributed by atoms with Gasteiger partial charge >= 0.3 is 0 Å². The SMILES string of the molecule is Cc1cn2c(n1)CC[C@@H](NC(=O)[C@H]1COc3ccccc3O1)C2. The van der Waals surface area contributed by atoms with Crippen LogP contribution in [0.4, 0.5) is 0 Å². The fourth-order valence-electron chi connectivity index (χ4n) is 3.15. The number of para-hydroxylation sites is 2. The lowest BCUT2D eigenvalue weighted by molar-refractivity contribution is -0.131. The van der Waals surface area contributed by atoms with Crippen LogP contribution in [0.2, 0.25) is 0 Å². The summed E-state index contributed by atoms with van der Waals surface area (Å²) in [5, 5.41) is 3.08. The number of carbonyl (C=O) groups is 1. The molecule has 4 rings (SSSR count). The van der Waals surface area contributed by atoms with E-state index in [0.29, 0.717) is 11.5 Å². The second-order valence-corrected chi connectivity index (χ2v) is 6.06. The second-order valence-electron chi connectivity index (χ2n) is 6.06. The maximum atomic E-state index is 12.5. The summed E-state index contributed by atoms with van der Waals surface area (Å²) in [6.45, 7) is 2.99. The van der Waals surface area contributed by atoms with Crippen molar-refractivity contribution in [2.24, 2.45) is 0 Å². The molecule has 0 spiro atoms. The Hall–Kier alpha value is -2.50. The molecule has 6 nitrogen and oxygen atoms in total. The normalized spacial score (nSPS) is 22.3. The highest BCUT2D eigenvalue weighted by atomic mass is 16.6. The van der Waals surface area contributed by atoms with Crippen LogP contribution < -0.4 is 14.8 Å². The number of hydrogen-bond acceptors (Lipinski definition) is 4. The number of fused-ring (bicyclic) bond motifs is 2. The number of ether oxygens (including phenoxy) is 2. The van der Waals surface area contributed by atoms with E-state index in [9.17, 15) is 4.79 Å². The average molecular weight is 313 g/mol. The molecular formula is C17H19N3O3. The Bertz CT molecular complexity index is 740. The number of nitrogens with zero attached hydrogens (tertiary/aromatic N) is 2. The average Bonchev–Trinajstić information content (AvgIpc) is 2.93. The minimum Gasteiger partial charge on any atom is -0.485 e. The molecule has 3 heterocycles. The fourth-order valence-corrected chi connectivity index (χ4v) is 3.15. The smallest absolute Gasteiger partial charge is 0.264 e. The molecule has 0 aliphatic carbocycles. The van der Waals surface area contributed by atoms with E-state index in [-0.39, 0.29) is 18.6 Å². The summed E-state index contributed by atoms with van der Waals surface area (Å²) < 4.78 is 13.5. The van der Waals surface area contributed by atoms with Crippen LogP contribution in [0.15, 0.2) is 30.5 Å². The van der Waals surface area contributed by atoms with Gasteiger partial charge in [-0.05, 0) is 25.5 Å². The molecule has 120 valence electrons. The molecule has 0 saturated heterocycles. The van der Waals surface area contributed by atoms with Gasteiger partial charge in [0.05, 0.1) is 5.69 Å². The summed E-state index contributed by atoms with van der Waals surface area (Å²) in [6, 6.07) is 7.51. The number of aryl methyl sites for hydroxylation is 2. The fraction of sp³-hybridized carbons (Fsp3) is 0.412. The third kappa shape index (κ3) is 2.76. The number of benzene rings is 1. The summed E-state index contributed by atoms with van der Waals surface area (Å²) in [5.74, 6) is 2.28. The number of amides is 1. The van der Waals surface area contributed by atoms with Crippen molar-refractivity contribution in [3.05, 3.63) is 42.0 Å². The predicted octanol–water partition coefficient (Wildman–Crippen LogP) is 1.46. The van der Waals surface area contributed by atoms with Gasteiger partial charge in [-0.1, -0.05) is 12.1 Å². The first-order valence-corrected chi connectivity index (χ1v) is 7.90. The van der Waals surface area contributed by atoms with Gasteiger partial charge in [-0.3, -0.25) is 4.79 Å². The third-order valence-electron chi connectivity index (χ3n) is 4.26. The molecule has 0 radical (unpaired) electrons. The first kappa shape index (κ1) is 14.1. The lowest BCUT2D eigenvalue weighted by atomic mass is 10.1. The zero-order chi connectivity index (χ0) is 15.8. The molecule has 2 atom stereocenters. The standard InChI is InChI=1S/C17H19N3O3/c1-11-8-20-9-12(6-7-16(20)18-11)19-17(21)15-10-22-13-4-2-3-5-14(13)23-15/h2-5,8,12,15H,6-7,9-10H2,1H3,(H,19,21)/t12-,15-/m1/s1. The molecule has 0 bridgehead atoms. The number of hydrogen-bond donors (Lipinski definition) is 1. The summed E-state index contributed by atoms with van der Waals surface area (Å²) >= 11 is 0. The minimum absolute atomic E-state index is 0.101. The number of rotatable bonds is 2. The Morgan fingerprint density at radius 2 is 2.17 bits per heavy atom. The van der Waals surface area contributed by atoms with Crippen molar-refractivity contribution in [2.45, 2.75) is 38.5 Å². The van der Waals surface area contributed by atoms with E-state index in [4.69, 9.17) is 9.47 Å². The first-order valence-electron chi connectivity index (χ1n) is 7.90. The van der Waals surface area contributed by atoms with Gasteiger partial charge in [0.25, 0.3) is 5.91 Å². The topological polar surface area (TPSA) is 65.4 Å². The molecular weight excluding hydrogens is 294 g/mol. The molecule has 0 fully saturated rings. The van der Waals surface area contributed by atoms with Gasteiger partial charge in [-0.25, -0.2) is 4.98 Å². The molecule has 0 saturated carbocycles. The van der Waals surface area contributed by atoms with Crippen LogP contribution in [-0.4, -0.2) is 34.2 Å². The molecule has 1 aromatic heterocycles. The number of nitrogens with one attached hydrogen (secondary N) is 1. The van der Waals surface area contributed by atoms with Crippen LogP contribution in [0.1, 0.15) is 17.9 Å². The van der Waals surface area contributed by atoms with Gasteiger partial charge in [-0.2, -0.15) is 0 Å². The third-order valence-corrected chi connectivity index (χ3v) is 4.26. The Morgan fingerprint density at radius 1 is 1.35 bits per heavy atom. The van der Waals surface area contributed by atoms with Crippen molar-refractivity contribution in [3.8, 4) is 11.5 Å². The Balaban J connectivity index is 1.39. The molecule has 2 aliphatic heterocycles. The lowest BCUT2D eigenvalue weighted by Crippen LogP contribution is -2.49. The van der Waals surface area contributed by atoms with Crippen molar-refractivity contribution >= 4 is 5.91 Å². The molecule has 6 heteroatoms. The molecule has 1 aromatic carbocycles. The van der Waals surface area contributed by atoms with Crippen molar-refractivity contribution in [3.63, 3.8) is 0 Å². The molecule has 2 aromatic rings. The molecule has 0 unspecified atom stereocenters. The number of carbonyl (C=O) groups excluding carboxylic acids is 1. The van der Waals surface area contributed by atoms with Crippen LogP contribution in [0.3, 0.4) is 0 Å². The van der Waals surface area contributed by atoms with Crippen LogP contribution in [-0.2, 0) is 17.8 Å². The van der Waals surface area contributed by atoms with E-state index in [1.165, 1.54) is 0 Å². The Kier molecular flexibility index (Phi) is 3.44. The van der Waals surface area contributed by atoms with Crippen LogP contribution >= 0.6 is 0 Å². The van der Waals surface area contributed by atoms with E-state index in [1.54, 1.807) is 0 Å². The molecule has 1 N–H and O–H groups in total. The lowest BCUT2D eigenvalue weighted by Gasteiger charge is -2.29. The van der Waals surface area contributed by atoms with Gasteiger partial charge in [0.1, 0.15) is 12.4 Å². The van der Waals surface area contributed by atoms with Crippen LogP contribution in [0.25, 0.3) is 0 Å². The van der Waals surface area contributed by atoms with Gasteiger partial charge in [0.2, 0.25) is 6.10 Å². The Labute approximate surface area is 134 Å². The first-order chi connectivity index (χ1) is 11.2. The highest BCUT2D eigenvalue weighted by Gasteiger charge is 2.30. The summed E-state index contributed by atoms with van der Waals surface area (Å²) in [6.07, 6.45) is 3.20. The number of aromatic nitrogens is 2. The van der Waals surface area contributed by atoms with Gasteiger partial charge in [0.15, 0.2) is 11.5 Å². The Morgan fingerprint density at radius 3 is 3.04 bits per heavy atom. The summed E-state index contributed by atoms with van der Waals surface area (Å²) in [5.41, 5.74) is 1.02. The zero-order valence-corrected chi connectivity index (χ0v) is 13.0. The van der Waals surface area contributed by atoms with Gasteiger partial charge in [-0.15, -0.1) is 0 Å². The largest absolute Gasteiger partial charge is 0.485 e. The predicted molar refractivity (Wildman–Crippen MR) is 83.6 cm³/mol. The van der Waals surface area contributed by atoms with E-state index in [0.717, 1.165) is 30.9 Å². The highest BCUT2D eigenvalue weighted by Crippen LogP contribution is 2.31. The highest BCUT2D eigenvalue weighted by molar-refractivity contribution is 5.82. The van der Waals surface area contributed by atoms with Crippen molar-refractivity contribution in [1.29, 1.82) is 0 Å². The quantitative estimate of drug-likeness (QED) is 0.912. The van der Waals surface area contributed by atoms with E-state index < -0.39 is 6.10 Å². The van der Waals surface area contributed by atoms with Crippen molar-refractivity contribution in [2.75, 3.05) is 6.61 Å². The zero-order valence-electron chi connectivity index (χ0n) is 13.0. The van der Waals surface area contributed by atoms with Crippen LogP contribution in [0.5, 0.6) is 11.5 Å². The maximum absolute atomic E-state index is 12.5.